The van der Waals surface area contributed by atoms with E-state index in [-0.39, 0.29) is 36.7 Å². The molecule has 1 aliphatic rings. The third-order valence-electron chi connectivity index (χ3n) is 4.17. The second-order valence-electron chi connectivity index (χ2n) is 5.90. The number of hydrogen-bond acceptors (Lipinski definition) is 3. The Kier molecular flexibility index (Phi) is 4.86. The zero-order chi connectivity index (χ0) is 18.0. The number of hydrogen-bond donors (Lipinski definition) is 1. The molecule has 0 saturated heterocycles. The minimum Gasteiger partial charge on any atom is -0.350 e. The molecule has 1 atom stereocenters. The summed E-state index contributed by atoms with van der Waals surface area (Å²) >= 11 is 5.95. The van der Waals surface area contributed by atoms with Crippen LogP contribution < -0.4 is 5.32 Å². The summed E-state index contributed by atoms with van der Waals surface area (Å²) in [6.07, 6.45) is 0.0520. The van der Waals surface area contributed by atoms with Crippen LogP contribution in [0.5, 0.6) is 0 Å². The maximum atomic E-state index is 12.3. The van der Waals surface area contributed by atoms with Gasteiger partial charge in [0, 0.05) is 18.0 Å². The van der Waals surface area contributed by atoms with Crippen molar-refractivity contribution in [3.05, 3.63) is 70.2 Å². The van der Waals surface area contributed by atoms with Crippen molar-refractivity contribution >= 4 is 29.3 Å². The Morgan fingerprint density at radius 2 is 1.72 bits per heavy atom. The number of nitrogens with one attached hydrogen (secondary N) is 1. The van der Waals surface area contributed by atoms with Crippen molar-refractivity contribution in [1.29, 1.82) is 0 Å². The molecule has 0 bridgehead atoms. The number of amides is 3. The SMILES string of the molecule is C[C@@H](NC(=O)CCN1C(=O)c2ccccc2C1=O)c1cccc(Cl)c1. The second kappa shape index (κ2) is 7.07. The van der Waals surface area contributed by atoms with Gasteiger partial charge < -0.3 is 5.32 Å². The van der Waals surface area contributed by atoms with Crippen molar-refractivity contribution in [2.45, 2.75) is 19.4 Å². The molecule has 6 heteroatoms. The van der Waals surface area contributed by atoms with Gasteiger partial charge in [-0.2, -0.15) is 0 Å². The number of halogens is 1. The van der Waals surface area contributed by atoms with Gasteiger partial charge in [0.05, 0.1) is 17.2 Å². The zero-order valence-corrected chi connectivity index (χ0v) is 14.4. The lowest BCUT2D eigenvalue weighted by Crippen LogP contribution is -2.35. The lowest BCUT2D eigenvalue weighted by Gasteiger charge is -2.17. The van der Waals surface area contributed by atoms with Crippen molar-refractivity contribution in [3.63, 3.8) is 0 Å². The Labute approximate surface area is 150 Å². The molecule has 1 aliphatic heterocycles. The van der Waals surface area contributed by atoms with E-state index in [4.69, 9.17) is 11.6 Å². The number of nitrogens with zero attached hydrogens (tertiary/aromatic N) is 1. The van der Waals surface area contributed by atoms with Crippen LogP contribution in [0.15, 0.2) is 48.5 Å². The molecule has 3 rings (SSSR count). The Morgan fingerprint density at radius 1 is 1.08 bits per heavy atom. The smallest absolute Gasteiger partial charge is 0.261 e. The molecule has 0 radical (unpaired) electrons. The summed E-state index contributed by atoms with van der Waals surface area (Å²) in [5.74, 6) is -0.934. The van der Waals surface area contributed by atoms with Crippen LogP contribution in [-0.4, -0.2) is 29.2 Å². The highest BCUT2D eigenvalue weighted by Gasteiger charge is 2.34. The summed E-state index contributed by atoms with van der Waals surface area (Å²) in [6.45, 7) is 1.91. The first-order valence-electron chi connectivity index (χ1n) is 7.97. The molecule has 3 amide bonds. The average molecular weight is 357 g/mol. The average Bonchev–Trinajstić information content (AvgIpc) is 2.84. The maximum absolute atomic E-state index is 12.3. The van der Waals surface area contributed by atoms with E-state index in [1.165, 1.54) is 0 Å². The van der Waals surface area contributed by atoms with E-state index in [0.29, 0.717) is 16.1 Å². The first kappa shape index (κ1) is 17.2. The van der Waals surface area contributed by atoms with Crippen LogP contribution in [0.3, 0.4) is 0 Å². The largest absolute Gasteiger partial charge is 0.350 e. The summed E-state index contributed by atoms with van der Waals surface area (Å²) < 4.78 is 0. The molecule has 0 fully saturated rings. The quantitative estimate of drug-likeness (QED) is 0.836. The van der Waals surface area contributed by atoms with Crippen LogP contribution in [-0.2, 0) is 4.79 Å². The standard InChI is InChI=1S/C19H17ClN2O3/c1-12(13-5-4-6-14(20)11-13)21-17(23)9-10-22-18(24)15-7-2-3-8-16(15)19(22)25/h2-8,11-12H,9-10H2,1H3,(H,21,23)/t12-/m1/s1. The number of fused-ring (bicyclic) bond motifs is 1. The maximum Gasteiger partial charge on any atom is 0.261 e. The van der Waals surface area contributed by atoms with E-state index in [1.54, 1.807) is 36.4 Å². The van der Waals surface area contributed by atoms with Crippen LogP contribution in [0, 0.1) is 0 Å². The van der Waals surface area contributed by atoms with Crippen molar-refractivity contribution < 1.29 is 14.4 Å². The fourth-order valence-corrected chi connectivity index (χ4v) is 3.03. The van der Waals surface area contributed by atoms with Crippen molar-refractivity contribution in [1.82, 2.24) is 10.2 Å². The third kappa shape index (κ3) is 3.56. The van der Waals surface area contributed by atoms with Crippen molar-refractivity contribution in [3.8, 4) is 0 Å². The summed E-state index contributed by atoms with van der Waals surface area (Å²) in [5.41, 5.74) is 1.67. The molecule has 1 heterocycles. The second-order valence-corrected chi connectivity index (χ2v) is 6.34. The molecular weight excluding hydrogens is 340 g/mol. The highest BCUT2D eigenvalue weighted by Crippen LogP contribution is 2.22. The lowest BCUT2D eigenvalue weighted by atomic mass is 10.1. The van der Waals surface area contributed by atoms with E-state index in [1.807, 2.05) is 19.1 Å². The first-order valence-corrected chi connectivity index (χ1v) is 8.35. The Morgan fingerprint density at radius 3 is 2.32 bits per heavy atom. The minimum atomic E-state index is -0.351. The topological polar surface area (TPSA) is 66.5 Å². The van der Waals surface area contributed by atoms with Crippen molar-refractivity contribution in [2.75, 3.05) is 6.54 Å². The number of carbonyl (C=O) groups excluding carboxylic acids is 3. The van der Waals surface area contributed by atoms with Crippen LogP contribution in [0.2, 0.25) is 5.02 Å². The lowest BCUT2D eigenvalue weighted by molar-refractivity contribution is -0.121. The monoisotopic (exact) mass is 356 g/mol. The van der Waals surface area contributed by atoms with Gasteiger partial charge in [0.25, 0.3) is 11.8 Å². The van der Waals surface area contributed by atoms with Gasteiger partial charge in [-0.25, -0.2) is 0 Å². The fraction of sp³-hybridized carbons (Fsp3) is 0.211. The molecule has 25 heavy (non-hydrogen) atoms. The molecule has 2 aromatic carbocycles. The van der Waals surface area contributed by atoms with Gasteiger partial charge in [-0.15, -0.1) is 0 Å². The molecule has 128 valence electrons. The van der Waals surface area contributed by atoms with Gasteiger partial charge in [-0.1, -0.05) is 35.9 Å². The minimum absolute atomic E-state index is 0.0520. The predicted molar refractivity (Wildman–Crippen MR) is 94.4 cm³/mol. The fourth-order valence-electron chi connectivity index (χ4n) is 2.83. The zero-order valence-electron chi connectivity index (χ0n) is 13.7. The first-order chi connectivity index (χ1) is 12.0. The van der Waals surface area contributed by atoms with Gasteiger partial charge in [0.15, 0.2) is 0 Å². The summed E-state index contributed by atoms with van der Waals surface area (Å²) in [4.78, 5) is 37.8. The Bertz CT molecular complexity index is 815. The molecule has 2 aromatic rings. The Balaban J connectivity index is 1.58. The van der Waals surface area contributed by atoms with Crippen LogP contribution in [0.4, 0.5) is 0 Å². The molecule has 0 spiro atoms. The van der Waals surface area contributed by atoms with Crippen LogP contribution >= 0.6 is 11.6 Å². The van der Waals surface area contributed by atoms with Gasteiger partial charge >= 0.3 is 0 Å². The number of carbonyl (C=O) groups is 3. The van der Waals surface area contributed by atoms with Crippen LogP contribution in [0.1, 0.15) is 45.7 Å². The molecule has 0 aromatic heterocycles. The van der Waals surface area contributed by atoms with Gasteiger partial charge in [-0.05, 0) is 36.8 Å². The number of benzene rings is 2. The number of rotatable bonds is 5. The Hall–Kier alpha value is -2.66. The van der Waals surface area contributed by atoms with E-state index < -0.39 is 0 Å². The predicted octanol–water partition coefficient (Wildman–Crippen LogP) is 3.20. The molecule has 0 saturated carbocycles. The summed E-state index contributed by atoms with van der Waals surface area (Å²) in [6, 6.07) is 13.7. The molecule has 0 aliphatic carbocycles. The van der Waals surface area contributed by atoms with Gasteiger partial charge in [-0.3, -0.25) is 19.3 Å². The normalized spacial score (nSPS) is 14.4. The van der Waals surface area contributed by atoms with E-state index >= 15 is 0 Å². The highest BCUT2D eigenvalue weighted by molar-refractivity contribution is 6.30. The number of imide groups is 1. The highest BCUT2D eigenvalue weighted by atomic mass is 35.5. The van der Waals surface area contributed by atoms with E-state index in [9.17, 15) is 14.4 Å². The van der Waals surface area contributed by atoms with E-state index in [2.05, 4.69) is 5.32 Å². The summed E-state index contributed by atoms with van der Waals surface area (Å²) in [7, 11) is 0. The molecular formula is C19H17ClN2O3. The van der Waals surface area contributed by atoms with Gasteiger partial charge in [0.2, 0.25) is 5.91 Å². The van der Waals surface area contributed by atoms with Crippen molar-refractivity contribution in [2.24, 2.45) is 0 Å². The van der Waals surface area contributed by atoms with Crippen LogP contribution in [0.25, 0.3) is 0 Å². The summed E-state index contributed by atoms with van der Waals surface area (Å²) in [5, 5.41) is 3.45. The third-order valence-corrected chi connectivity index (χ3v) is 4.40. The molecule has 5 nitrogen and oxygen atoms in total. The van der Waals surface area contributed by atoms with E-state index in [0.717, 1.165) is 10.5 Å². The molecule has 0 unspecified atom stereocenters. The van der Waals surface area contributed by atoms with Gasteiger partial charge in [0.1, 0.15) is 0 Å². The molecule has 1 N–H and O–H groups in total.